The number of hydrogen-bond donors (Lipinski definition) is 2. The zero-order chi connectivity index (χ0) is 8.15. The average molecular weight is 180 g/mol. The van der Waals surface area contributed by atoms with E-state index in [0.717, 1.165) is 5.82 Å². The van der Waals surface area contributed by atoms with Crippen LogP contribution in [-0.2, 0) is 21.6 Å². The van der Waals surface area contributed by atoms with E-state index in [-0.39, 0.29) is 0 Å². The number of aliphatic carboxylic acids is 1. The lowest BCUT2D eigenvalue weighted by molar-refractivity contribution is -0.136. The highest BCUT2D eigenvalue weighted by Crippen LogP contribution is 2.19. The van der Waals surface area contributed by atoms with Crippen molar-refractivity contribution in [3.8, 4) is 0 Å². The molecule has 0 aliphatic rings. The number of hydrogen-bond acceptors (Lipinski definition) is 4. The van der Waals surface area contributed by atoms with Crippen molar-refractivity contribution in [2.24, 2.45) is 0 Å². The monoisotopic (exact) mass is 180 g/mol. The normalized spacial score (nSPS) is 12.9. The Bertz CT molecular complexity index is 188. The van der Waals surface area contributed by atoms with Crippen LogP contribution in [0, 0.1) is 0 Å². The predicted octanol–water partition coefficient (Wildman–Crippen LogP) is 1.15. The van der Waals surface area contributed by atoms with Gasteiger partial charge in [0.2, 0.25) is 7.00 Å². The molecule has 0 aromatic carbocycles. The first-order chi connectivity index (χ1) is 4.52. The third-order valence-electron chi connectivity index (χ3n) is 0.587. The highest BCUT2D eigenvalue weighted by Gasteiger charge is 2.03. The van der Waals surface area contributed by atoms with E-state index >= 15 is 0 Å². The first-order valence-corrected chi connectivity index (χ1v) is 4.61. The van der Waals surface area contributed by atoms with Gasteiger partial charge in [-0.2, -0.15) is 0 Å². The van der Waals surface area contributed by atoms with Gasteiger partial charge in [0.05, 0.1) is 0 Å². The van der Waals surface area contributed by atoms with Gasteiger partial charge in [-0.25, -0.2) is 0 Å². The minimum absolute atomic E-state index is 0.455. The lowest BCUT2D eigenvalue weighted by Crippen LogP contribution is -1.95. The van der Waals surface area contributed by atoms with Crippen LogP contribution in [0.4, 0.5) is 0 Å². The van der Waals surface area contributed by atoms with Crippen molar-refractivity contribution in [2.75, 3.05) is 0 Å². The van der Waals surface area contributed by atoms with Crippen LogP contribution in [0.25, 0.3) is 0 Å². The zero-order valence-electron chi connectivity index (χ0n) is 4.85. The second-order valence-corrected chi connectivity index (χ2v) is 3.38. The minimum Gasteiger partial charge on any atom is -0.508 e. The van der Waals surface area contributed by atoms with Crippen LogP contribution in [0.15, 0.2) is 11.6 Å². The van der Waals surface area contributed by atoms with Crippen molar-refractivity contribution in [3.63, 3.8) is 0 Å². The molecule has 2 N–H and O–H groups in total. The molecule has 0 radical (unpaired) electrons. The van der Waals surface area contributed by atoms with Crippen molar-refractivity contribution in [1.29, 1.82) is 0 Å². The van der Waals surface area contributed by atoms with Crippen molar-refractivity contribution in [1.82, 2.24) is 0 Å². The van der Waals surface area contributed by atoms with Crippen LogP contribution < -0.4 is 0 Å². The Morgan fingerprint density at radius 1 is 1.60 bits per heavy atom. The van der Waals surface area contributed by atoms with Crippen LogP contribution in [-0.4, -0.2) is 16.2 Å². The Morgan fingerprint density at radius 2 is 2.10 bits per heavy atom. The quantitative estimate of drug-likeness (QED) is 0.387. The molecule has 0 rings (SSSR count). The molecule has 0 bridgehead atoms. The Balaban J connectivity index is 3.95. The second kappa shape index (κ2) is 4.30. The van der Waals surface area contributed by atoms with E-state index in [1.807, 2.05) is 0 Å². The maximum absolute atomic E-state index is 10.2. The topological polar surface area (TPSA) is 74.6 Å². The van der Waals surface area contributed by atoms with Gasteiger partial charge in [0, 0.05) is 0 Å². The van der Waals surface area contributed by atoms with Crippen molar-refractivity contribution >= 4 is 25.2 Å². The van der Waals surface area contributed by atoms with Crippen molar-refractivity contribution in [3.05, 3.63) is 11.6 Å². The smallest absolute Gasteiger partial charge is 0.311 e. The first-order valence-electron chi connectivity index (χ1n) is 2.27. The van der Waals surface area contributed by atoms with E-state index in [1.165, 1.54) is 0 Å². The molecule has 0 aromatic rings. The van der Waals surface area contributed by atoms with E-state index in [0.29, 0.717) is 0 Å². The summed E-state index contributed by atoms with van der Waals surface area (Å²) in [6.07, 6.45) is -0.530. The van der Waals surface area contributed by atoms with Gasteiger partial charge >= 0.3 is 5.97 Å². The molecular weight excluding hydrogens is 175 g/mol. The fourth-order valence-electron chi connectivity index (χ4n) is 0.322. The molecule has 0 aromatic heterocycles. The lowest BCUT2D eigenvalue weighted by atomic mass is 10.4. The molecule has 0 saturated carbocycles. The van der Waals surface area contributed by atoms with E-state index in [9.17, 15) is 9.36 Å². The summed E-state index contributed by atoms with van der Waals surface area (Å²) < 4.78 is 10.2. The molecule has 0 saturated heterocycles. The summed E-state index contributed by atoms with van der Waals surface area (Å²) in [6.45, 7) is 0. The predicted molar refractivity (Wildman–Crippen MR) is 37.9 cm³/mol. The summed E-state index contributed by atoms with van der Waals surface area (Å²) in [5, 5.41) is 16.7. The molecule has 1 atom stereocenters. The van der Waals surface area contributed by atoms with Gasteiger partial charge in [-0.1, -0.05) is 4.57 Å². The fourth-order valence-corrected chi connectivity index (χ4v) is 1.02. The fraction of sp³-hybridized carbons (Fsp3) is 0.250. The molecule has 0 aliphatic carbocycles. The lowest BCUT2D eigenvalue weighted by Gasteiger charge is -1.88. The number of aliphatic hydroxyl groups excluding tert-OH is 1. The molecule has 56 valence electrons. The Hall–Kier alpha value is -0.540. The number of rotatable bonds is 3. The summed E-state index contributed by atoms with van der Waals surface area (Å²) in [5.41, 5.74) is 0. The van der Waals surface area contributed by atoms with Gasteiger partial charge in [0.1, 0.15) is 12.2 Å². The zero-order valence-corrected chi connectivity index (χ0v) is 6.56. The number of carbonyl (C=O) groups is 1. The van der Waals surface area contributed by atoms with Crippen LogP contribution >= 0.6 is 7.00 Å². The molecule has 0 fully saturated rings. The molecule has 0 amide bonds. The number of aliphatic hydroxyl groups is 1. The third-order valence-corrected chi connectivity index (χ3v) is 1.41. The largest absolute Gasteiger partial charge is 0.508 e. The van der Waals surface area contributed by atoms with Crippen molar-refractivity contribution in [2.45, 2.75) is 6.42 Å². The van der Waals surface area contributed by atoms with E-state index in [2.05, 4.69) is 12.2 Å². The van der Waals surface area contributed by atoms with Gasteiger partial charge in [0.15, 0.2) is 5.82 Å². The Kier molecular flexibility index (Phi) is 4.07. The van der Waals surface area contributed by atoms with Crippen LogP contribution in [0.5, 0.6) is 0 Å². The number of carboxylic acids is 1. The maximum atomic E-state index is 10.2. The third kappa shape index (κ3) is 5.59. The van der Waals surface area contributed by atoms with Crippen molar-refractivity contribution < 1.29 is 19.6 Å². The molecule has 0 spiro atoms. The van der Waals surface area contributed by atoms with Gasteiger partial charge in [-0.05, 0) is 0 Å². The minimum atomic E-state index is -2.01. The molecule has 0 heterocycles. The Morgan fingerprint density at radius 3 is 2.40 bits per heavy atom. The summed E-state index contributed by atoms with van der Waals surface area (Å²) >= 11 is 4.19. The van der Waals surface area contributed by atoms with E-state index < -0.39 is 25.2 Å². The van der Waals surface area contributed by atoms with E-state index in [1.54, 1.807) is 0 Å². The maximum Gasteiger partial charge on any atom is 0.311 e. The highest BCUT2D eigenvalue weighted by atomic mass is 32.7. The second-order valence-electron chi connectivity index (χ2n) is 1.48. The van der Waals surface area contributed by atoms with Crippen LogP contribution in [0.1, 0.15) is 6.42 Å². The van der Waals surface area contributed by atoms with Crippen LogP contribution in [0.3, 0.4) is 0 Å². The molecule has 0 aliphatic heterocycles. The summed E-state index contributed by atoms with van der Waals surface area (Å²) in [6, 6.07) is 0. The molecular formula is C4H5O4PS. The Labute approximate surface area is 63.5 Å². The average Bonchev–Trinajstić information content (AvgIpc) is 1.58. The molecule has 4 nitrogen and oxygen atoms in total. The summed E-state index contributed by atoms with van der Waals surface area (Å²) in [5.74, 6) is -0.789. The molecule has 1 unspecified atom stereocenters. The van der Waals surface area contributed by atoms with E-state index in [4.69, 9.17) is 10.2 Å². The van der Waals surface area contributed by atoms with Crippen LogP contribution in [0.2, 0.25) is 0 Å². The van der Waals surface area contributed by atoms with Gasteiger partial charge < -0.3 is 22.5 Å². The SMILES string of the molecule is O=C(O)C/C(O)=C\[P+](=O)[S-]. The number of carboxylic acid groups (broad SMARTS) is 1. The van der Waals surface area contributed by atoms with Gasteiger partial charge in [-0.15, -0.1) is 0 Å². The molecule has 6 heteroatoms. The standard InChI is InChI=1S/C4H5O4PS/c5-3(1-4(6)7)2-9(8)10/h2,5H,1H2,(H,6,7)/b3-2+. The van der Waals surface area contributed by atoms with Gasteiger partial charge in [0.25, 0.3) is 0 Å². The summed E-state index contributed by atoms with van der Waals surface area (Å²) in [4.78, 5) is 9.86. The molecule has 10 heavy (non-hydrogen) atoms. The summed E-state index contributed by atoms with van der Waals surface area (Å²) in [7, 11) is -2.01. The van der Waals surface area contributed by atoms with Gasteiger partial charge in [-0.3, -0.25) is 4.79 Å². The highest BCUT2D eigenvalue weighted by molar-refractivity contribution is 8.29. The first kappa shape index (κ1) is 9.46.